The first-order valence-electron chi connectivity index (χ1n) is 11.1. The molecular formula is C27H26N2O4. The zero-order chi connectivity index (χ0) is 23.1. The van der Waals surface area contributed by atoms with E-state index in [0.717, 1.165) is 35.1 Å². The van der Waals surface area contributed by atoms with Crippen LogP contribution in [0.15, 0.2) is 69.9 Å². The van der Waals surface area contributed by atoms with Crippen molar-refractivity contribution in [1.82, 2.24) is 9.80 Å². The fourth-order valence-corrected chi connectivity index (χ4v) is 4.67. The van der Waals surface area contributed by atoms with Crippen molar-refractivity contribution in [2.75, 3.05) is 34.3 Å². The van der Waals surface area contributed by atoms with Gasteiger partial charge in [-0.3, -0.25) is 9.59 Å². The second-order valence-corrected chi connectivity index (χ2v) is 8.67. The predicted octanol–water partition coefficient (Wildman–Crippen LogP) is 4.45. The number of methoxy groups -OCH3 is 1. The number of carbonyl (C=O) groups excluding carboxylic acids is 1. The Morgan fingerprint density at radius 1 is 0.970 bits per heavy atom. The summed E-state index contributed by atoms with van der Waals surface area (Å²) in [6.45, 7) is 1.36. The van der Waals surface area contributed by atoms with E-state index in [4.69, 9.17) is 9.15 Å². The number of carbonyl (C=O) groups is 1. The molecule has 1 atom stereocenters. The highest BCUT2D eigenvalue weighted by atomic mass is 16.5. The smallest absolute Gasteiger partial charge is 0.290 e. The van der Waals surface area contributed by atoms with Crippen LogP contribution in [0.2, 0.25) is 0 Å². The van der Waals surface area contributed by atoms with Gasteiger partial charge in [0.05, 0.1) is 24.1 Å². The minimum absolute atomic E-state index is 0.148. The second kappa shape index (κ2) is 8.37. The van der Waals surface area contributed by atoms with Crippen molar-refractivity contribution in [1.29, 1.82) is 0 Å². The highest BCUT2D eigenvalue weighted by molar-refractivity contribution is 6.06. The van der Waals surface area contributed by atoms with E-state index in [-0.39, 0.29) is 17.1 Å². The lowest BCUT2D eigenvalue weighted by Crippen LogP contribution is -2.32. The lowest BCUT2D eigenvalue weighted by molar-refractivity contribution is 0.0722. The molecule has 33 heavy (non-hydrogen) atoms. The van der Waals surface area contributed by atoms with Crippen LogP contribution in [0, 0.1) is 0 Å². The van der Waals surface area contributed by atoms with Crippen LogP contribution in [0.25, 0.3) is 21.7 Å². The van der Waals surface area contributed by atoms with Gasteiger partial charge < -0.3 is 19.0 Å². The summed E-state index contributed by atoms with van der Waals surface area (Å²) in [5.74, 6) is 0.630. The first-order valence-corrected chi connectivity index (χ1v) is 11.1. The standard InChI is InChI=1S/C27H26N2O4/c1-28(2)15-6-16-29-23(18-9-12-19(32-3)13-10-18)22-24(30)21-14-11-17-7-4-5-8-20(17)25(21)33-26(22)27(29)31/h4-5,7-14,23H,6,15-16H2,1-3H3. The molecule has 1 aromatic heterocycles. The number of nitrogens with zero attached hydrogens (tertiary/aromatic N) is 2. The van der Waals surface area contributed by atoms with Crippen molar-refractivity contribution < 1.29 is 13.9 Å². The lowest BCUT2D eigenvalue weighted by Gasteiger charge is -2.25. The summed E-state index contributed by atoms with van der Waals surface area (Å²) in [5, 5.41) is 2.29. The maximum atomic E-state index is 13.8. The topological polar surface area (TPSA) is 63.0 Å². The average molecular weight is 443 g/mol. The molecule has 2 heterocycles. The Morgan fingerprint density at radius 2 is 1.73 bits per heavy atom. The van der Waals surface area contributed by atoms with E-state index < -0.39 is 6.04 Å². The van der Waals surface area contributed by atoms with Crippen LogP contribution in [0.5, 0.6) is 5.75 Å². The average Bonchev–Trinajstić information content (AvgIpc) is 3.11. The number of benzene rings is 3. The third-order valence-corrected chi connectivity index (χ3v) is 6.29. The summed E-state index contributed by atoms with van der Waals surface area (Å²) in [5.41, 5.74) is 1.59. The van der Waals surface area contributed by atoms with Gasteiger partial charge in [0.25, 0.3) is 5.91 Å². The van der Waals surface area contributed by atoms with Gasteiger partial charge in [-0.25, -0.2) is 0 Å². The van der Waals surface area contributed by atoms with Crippen LogP contribution in [-0.4, -0.2) is 50.0 Å². The van der Waals surface area contributed by atoms with Crippen LogP contribution < -0.4 is 10.2 Å². The number of ether oxygens (including phenoxy) is 1. The molecule has 0 spiro atoms. The van der Waals surface area contributed by atoms with Gasteiger partial charge >= 0.3 is 0 Å². The minimum Gasteiger partial charge on any atom is -0.497 e. The zero-order valence-electron chi connectivity index (χ0n) is 19.0. The largest absolute Gasteiger partial charge is 0.497 e. The summed E-state index contributed by atoms with van der Waals surface area (Å²) in [4.78, 5) is 31.2. The van der Waals surface area contributed by atoms with Gasteiger partial charge in [0, 0.05) is 11.9 Å². The van der Waals surface area contributed by atoms with E-state index in [1.807, 2.05) is 68.7 Å². The Balaban J connectivity index is 1.71. The normalized spacial score (nSPS) is 15.6. The van der Waals surface area contributed by atoms with Crippen molar-refractivity contribution in [3.8, 4) is 5.75 Å². The van der Waals surface area contributed by atoms with E-state index in [1.165, 1.54) is 0 Å². The molecule has 0 bridgehead atoms. The van der Waals surface area contributed by atoms with E-state index in [0.29, 0.717) is 23.1 Å². The molecule has 0 radical (unpaired) electrons. The maximum absolute atomic E-state index is 13.8. The number of hydrogen-bond donors (Lipinski definition) is 0. The molecule has 0 saturated heterocycles. The van der Waals surface area contributed by atoms with Crippen molar-refractivity contribution in [2.24, 2.45) is 0 Å². The Labute approximate surface area is 192 Å². The summed E-state index contributed by atoms with van der Waals surface area (Å²) in [6, 6.07) is 18.5. The highest BCUT2D eigenvalue weighted by Gasteiger charge is 2.42. The number of fused-ring (bicyclic) bond motifs is 4. The molecule has 1 unspecified atom stereocenters. The Hall–Kier alpha value is -3.64. The summed E-state index contributed by atoms with van der Waals surface area (Å²) in [6.07, 6.45) is 0.788. The van der Waals surface area contributed by atoms with Crippen LogP contribution >= 0.6 is 0 Å². The van der Waals surface area contributed by atoms with Gasteiger partial charge in [-0.05, 0) is 56.2 Å². The molecule has 0 fully saturated rings. The van der Waals surface area contributed by atoms with Gasteiger partial charge in [-0.1, -0.05) is 42.5 Å². The Bertz CT molecular complexity index is 1410. The van der Waals surface area contributed by atoms with Crippen LogP contribution in [0.3, 0.4) is 0 Å². The first kappa shape index (κ1) is 21.2. The molecule has 168 valence electrons. The lowest BCUT2D eigenvalue weighted by atomic mass is 9.97. The molecule has 4 aromatic rings. The third-order valence-electron chi connectivity index (χ3n) is 6.29. The molecule has 0 N–H and O–H groups in total. The SMILES string of the molecule is COc1ccc(C2c3c(oc4c(ccc5ccccc54)c3=O)C(=O)N2CCCN(C)C)cc1. The summed E-state index contributed by atoms with van der Waals surface area (Å²) in [7, 11) is 5.62. The molecule has 1 amide bonds. The molecule has 3 aromatic carbocycles. The zero-order valence-corrected chi connectivity index (χ0v) is 19.0. The second-order valence-electron chi connectivity index (χ2n) is 8.67. The minimum atomic E-state index is -0.493. The molecule has 0 aliphatic carbocycles. The van der Waals surface area contributed by atoms with E-state index in [9.17, 15) is 9.59 Å². The predicted molar refractivity (Wildman–Crippen MR) is 129 cm³/mol. The maximum Gasteiger partial charge on any atom is 0.290 e. The molecule has 1 aliphatic rings. The van der Waals surface area contributed by atoms with Crippen LogP contribution in [-0.2, 0) is 0 Å². The van der Waals surface area contributed by atoms with Crippen molar-refractivity contribution in [3.63, 3.8) is 0 Å². The van der Waals surface area contributed by atoms with Crippen LogP contribution in [0.4, 0.5) is 0 Å². The fourth-order valence-electron chi connectivity index (χ4n) is 4.67. The quantitative estimate of drug-likeness (QED) is 0.413. The highest BCUT2D eigenvalue weighted by Crippen LogP contribution is 2.39. The van der Waals surface area contributed by atoms with E-state index in [2.05, 4.69) is 4.90 Å². The Kier molecular flexibility index (Phi) is 5.38. The molecule has 6 heteroatoms. The van der Waals surface area contributed by atoms with Crippen molar-refractivity contribution in [2.45, 2.75) is 12.5 Å². The summed E-state index contributed by atoms with van der Waals surface area (Å²) >= 11 is 0. The number of hydrogen-bond acceptors (Lipinski definition) is 5. The number of amides is 1. The molecule has 0 saturated carbocycles. The van der Waals surface area contributed by atoms with Gasteiger partial charge in [0.1, 0.15) is 11.3 Å². The molecular weight excluding hydrogens is 416 g/mol. The van der Waals surface area contributed by atoms with E-state index >= 15 is 0 Å². The third kappa shape index (κ3) is 3.56. The molecule has 1 aliphatic heterocycles. The van der Waals surface area contributed by atoms with Gasteiger partial charge in [0.2, 0.25) is 5.76 Å². The van der Waals surface area contributed by atoms with Gasteiger partial charge in [-0.2, -0.15) is 0 Å². The Morgan fingerprint density at radius 3 is 2.45 bits per heavy atom. The summed E-state index contributed by atoms with van der Waals surface area (Å²) < 4.78 is 11.5. The fraction of sp³-hybridized carbons (Fsp3) is 0.259. The van der Waals surface area contributed by atoms with E-state index in [1.54, 1.807) is 18.1 Å². The van der Waals surface area contributed by atoms with Crippen LogP contribution in [0.1, 0.15) is 34.1 Å². The monoisotopic (exact) mass is 442 g/mol. The van der Waals surface area contributed by atoms with Crippen molar-refractivity contribution in [3.05, 3.63) is 87.8 Å². The van der Waals surface area contributed by atoms with Crippen molar-refractivity contribution >= 4 is 27.6 Å². The molecule has 6 nitrogen and oxygen atoms in total. The first-order chi connectivity index (χ1) is 16.0. The van der Waals surface area contributed by atoms with Gasteiger partial charge in [-0.15, -0.1) is 0 Å². The number of rotatable bonds is 6. The van der Waals surface area contributed by atoms with Gasteiger partial charge in [0.15, 0.2) is 5.43 Å². The molecule has 5 rings (SSSR count).